The van der Waals surface area contributed by atoms with Crippen molar-refractivity contribution in [3.05, 3.63) is 112 Å². The minimum atomic E-state index is -0.638. The van der Waals surface area contributed by atoms with Crippen LogP contribution in [0.5, 0.6) is 5.75 Å². The molecular formula is C31H30N2O4S2. The maximum Gasteiger partial charge on any atom is 0.338 e. The molecular weight excluding hydrogens is 528 g/mol. The van der Waals surface area contributed by atoms with Crippen LogP contribution in [0.4, 0.5) is 0 Å². The number of aryl methyl sites for hydroxylation is 1. The number of thiazole rings is 1. The number of thiophene rings is 1. The zero-order valence-corrected chi connectivity index (χ0v) is 24.2. The first-order valence-electron chi connectivity index (χ1n) is 12.8. The summed E-state index contributed by atoms with van der Waals surface area (Å²) >= 11 is 2.83. The van der Waals surface area contributed by atoms with Gasteiger partial charge in [0.2, 0.25) is 0 Å². The minimum absolute atomic E-state index is 0.188. The van der Waals surface area contributed by atoms with Crippen LogP contribution in [0.2, 0.25) is 0 Å². The molecule has 1 atom stereocenters. The van der Waals surface area contributed by atoms with Crippen LogP contribution >= 0.6 is 22.7 Å². The molecule has 1 aliphatic heterocycles. The van der Waals surface area contributed by atoms with Crippen molar-refractivity contribution >= 4 is 40.4 Å². The Morgan fingerprint density at radius 2 is 1.92 bits per heavy atom. The summed E-state index contributed by atoms with van der Waals surface area (Å²) in [5.41, 5.74) is 4.55. The summed E-state index contributed by atoms with van der Waals surface area (Å²) in [6.07, 6.45) is 1.92. The van der Waals surface area contributed by atoms with Crippen LogP contribution in [0, 0.1) is 6.92 Å². The molecule has 4 aromatic rings. The predicted molar refractivity (Wildman–Crippen MR) is 157 cm³/mol. The number of nitrogens with zero attached hydrogens (tertiary/aromatic N) is 2. The molecule has 0 bridgehead atoms. The van der Waals surface area contributed by atoms with Gasteiger partial charge in [-0.25, -0.2) is 9.79 Å². The third-order valence-electron chi connectivity index (χ3n) is 6.71. The first kappa shape index (κ1) is 26.8. The van der Waals surface area contributed by atoms with Crippen LogP contribution in [0.1, 0.15) is 59.9 Å². The Morgan fingerprint density at radius 3 is 2.56 bits per heavy atom. The van der Waals surface area contributed by atoms with E-state index in [1.807, 2.05) is 66.9 Å². The fourth-order valence-electron chi connectivity index (χ4n) is 4.80. The summed E-state index contributed by atoms with van der Waals surface area (Å²) in [7, 11) is 1.68. The molecule has 200 valence electrons. The van der Waals surface area contributed by atoms with E-state index >= 15 is 0 Å². The molecule has 0 spiro atoms. The van der Waals surface area contributed by atoms with Gasteiger partial charge in [-0.2, -0.15) is 0 Å². The number of esters is 1. The number of benzene rings is 2. The van der Waals surface area contributed by atoms with Crippen LogP contribution in [-0.4, -0.2) is 24.3 Å². The maximum atomic E-state index is 14.0. The van der Waals surface area contributed by atoms with Crippen LogP contribution in [0.15, 0.2) is 75.3 Å². The fourth-order valence-corrected chi connectivity index (χ4v) is 6.61. The van der Waals surface area contributed by atoms with E-state index in [1.54, 1.807) is 18.6 Å². The number of hydrogen-bond acceptors (Lipinski definition) is 7. The van der Waals surface area contributed by atoms with Gasteiger partial charge in [-0.05, 0) is 66.1 Å². The minimum Gasteiger partial charge on any atom is -0.496 e. The van der Waals surface area contributed by atoms with Crippen molar-refractivity contribution in [2.24, 2.45) is 4.99 Å². The monoisotopic (exact) mass is 558 g/mol. The summed E-state index contributed by atoms with van der Waals surface area (Å²) in [6, 6.07) is 16.9. The van der Waals surface area contributed by atoms with Gasteiger partial charge in [0.05, 0.1) is 29.5 Å². The first-order valence-corrected chi connectivity index (χ1v) is 14.5. The molecule has 8 heteroatoms. The average molecular weight is 559 g/mol. The van der Waals surface area contributed by atoms with Gasteiger partial charge in [-0.15, -0.1) is 11.3 Å². The quantitative estimate of drug-likeness (QED) is 0.284. The Kier molecular flexibility index (Phi) is 7.68. The number of hydrogen-bond donors (Lipinski definition) is 0. The van der Waals surface area contributed by atoms with Gasteiger partial charge in [0.15, 0.2) is 4.80 Å². The van der Waals surface area contributed by atoms with E-state index in [0.717, 1.165) is 32.9 Å². The zero-order valence-electron chi connectivity index (χ0n) is 22.6. The summed E-state index contributed by atoms with van der Waals surface area (Å²) in [4.78, 5) is 33.8. The van der Waals surface area contributed by atoms with Gasteiger partial charge >= 0.3 is 5.97 Å². The molecule has 0 aliphatic carbocycles. The lowest BCUT2D eigenvalue weighted by atomic mass is 9.96. The number of carbonyl (C=O) groups excluding carboxylic acids is 1. The van der Waals surface area contributed by atoms with Gasteiger partial charge in [0, 0.05) is 10.4 Å². The van der Waals surface area contributed by atoms with Crippen molar-refractivity contribution in [2.75, 3.05) is 13.7 Å². The molecule has 39 heavy (non-hydrogen) atoms. The molecule has 0 saturated heterocycles. The maximum absolute atomic E-state index is 14.0. The second-order valence-corrected chi connectivity index (χ2v) is 11.5. The molecule has 2 aromatic heterocycles. The topological polar surface area (TPSA) is 69.9 Å². The highest BCUT2D eigenvalue weighted by atomic mass is 32.1. The van der Waals surface area contributed by atoms with E-state index in [2.05, 4.69) is 19.9 Å². The van der Waals surface area contributed by atoms with Crippen LogP contribution < -0.4 is 19.6 Å². The number of methoxy groups -OCH3 is 1. The number of ether oxygens (including phenoxy) is 2. The lowest BCUT2D eigenvalue weighted by Crippen LogP contribution is -2.39. The van der Waals surface area contributed by atoms with E-state index < -0.39 is 12.0 Å². The Bertz CT molecular complexity index is 1730. The fraction of sp³-hybridized carbons (Fsp3) is 0.258. The van der Waals surface area contributed by atoms with Crippen molar-refractivity contribution in [1.29, 1.82) is 0 Å². The van der Waals surface area contributed by atoms with Crippen molar-refractivity contribution in [1.82, 2.24) is 4.57 Å². The summed E-state index contributed by atoms with van der Waals surface area (Å²) in [5.74, 6) is 0.624. The Labute approximate surface area is 235 Å². The van der Waals surface area contributed by atoms with Gasteiger partial charge < -0.3 is 9.47 Å². The lowest BCUT2D eigenvalue weighted by Gasteiger charge is -2.24. The summed E-state index contributed by atoms with van der Waals surface area (Å²) in [6.45, 7) is 8.25. The second kappa shape index (κ2) is 11.2. The van der Waals surface area contributed by atoms with Gasteiger partial charge in [-0.1, -0.05) is 61.6 Å². The second-order valence-electron chi connectivity index (χ2n) is 9.55. The largest absolute Gasteiger partial charge is 0.496 e. The van der Waals surface area contributed by atoms with Crippen molar-refractivity contribution in [2.45, 2.75) is 39.7 Å². The average Bonchev–Trinajstić information content (AvgIpc) is 3.57. The third-order valence-corrected chi connectivity index (χ3v) is 8.62. The van der Waals surface area contributed by atoms with Gasteiger partial charge in [-0.3, -0.25) is 9.36 Å². The number of rotatable bonds is 7. The SMILES string of the molecule is CCOC(=O)C1=C(c2ccccc2)N=c2sc(=Cc3cc(C(C)C)c(OC)cc3C)c(=O)n2[C@H]1c1cccs1. The molecule has 3 heterocycles. The van der Waals surface area contributed by atoms with Gasteiger partial charge in [0.25, 0.3) is 5.56 Å². The van der Waals surface area contributed by atoms with Crippen molar-refractivity contribution in [3.8, 4) is 5.75 Å². The molecule has 2 aromatic carbocycles. The normalized spacial score (nSPS) is 15.3. The van der Waals surface area contributed by atoms with Crippen LogP contribution in [-0.2, 0) is 9.53 Å². The van der Waals surface area contributed by atoms with E-state index in [1.165, 1.54) is 22.7 Å². The van der Waals surface area contributed by atoms with E-state index in [9.17, 15) is 9.59 Å². The molecule has 0 radical (unpaired) electrons. The standard InChI is InChI=1S/C31H30N2O4S2/c1-6-37-30(35)26-27(20-11-8-7-9-12-20)32-31-33(28(26)24-13-10-14-38-24)29(34)25(39-31)17-21-16-22(18(2)3)23(36-5)15-19(21)4/h7-18,28H,6H2,1-5H3/t28-/m0/s1. The summed E-state index contributed by atoms with van der Waals surface area (Å²) < 4.78 is 13.3. The predicted octanol–water partition coefficient (Wildman–Crippen LogP) is 5.44. The van der Waals surface area contributed by atoms with Crippen molar-refractivity contribution < 1.29 is 14.3 Å². The number of carbonyl (C=O) groups is 1. The molecule has 5 rings (SSSR count). The first-order chi connectivity index (χ1) is 18.8. The molecule has 0 amide bonds. The molecule has 0 unspecified atom stereocenters. The van der Waals surface area contributed by atoms with E-state index in [-0.39, 0.29) is 18.1 Å². The number of aromatic nitrogens is 1. The smallest absolute Gasteiger partial charge is 0.338 e. The molecule has 0 saturated carbocycles. The number of fused-ring (bicyclic) bond motifs is 1. The highest BCUT2D eigenvalue weighted by Gasteiger charge is 2.35. The van der Waals surface area contributed by atoms with Crippen LogP contribution in [0.25, 0.3) is 11.8 Å². The Balaban J connectivity index is 1.79. The lowest BCUT2D eigenvalue weighted by molar-refractivity contribution is -0.138. The summed E-state index contributed by atoms with van der Waals surface area (Å²) in [5, 5.41) is 1.95. The third kappa shape index (κ3) is 5.02. The molecule has 0 N–H and O–H groups in total. The van der Waals surface area contributed by atoms with E-state index in [4.69, 9.17) is 14.5 Å². The highest BCUT2D eigenvalue weighted by Crippen LogP contribution is 2.37. The van der Waals surface area contributed by atoms with Gasteiger partial charge in [0.1, 0.15) is 11.8 Å². The Morgan fingerprint density at radius 1 is 1.15 bits per heavy atom. The van der Waals surface area contributed by atoms with Crippen molar-refractivity contribution in [3.63, 3.8) is 0 Å². The highest BCUT2D eigenvalue weighted by molar-refractivity contribution is 7.10. The molecule has 0 fully saturated rings. The molecule has 6 nitrogen and oxygen atoms in total. The molecule has 1 aliphatic rings. The zero-order chi connectivity index (χ0) is 27.7. The Hall–Kier alpha value is -3.75. The van der Waals surface area contributed by atoms with E-state index in [0.29, 0.717) is 20.6 Å². The van der Waals surface area contributed by atoms with Crippen LogP contribution in [0.3, 0.4) is 0 Å².